The largest absolute Gasteiger partial charge is 0.497 e. The van der Waals surface area contributed by atoms with Gasteiger partial charge in [0.15, 0.2) is 0 Å². The van der Waals surface area contributed by atoms with Crippen LogP contribution in [-0.2, 0) is 6.54 Å². The first-order valence-electron chi connectivity index (χ1n) is 7.24. The Morgan fingerprint density at radius 2 is 2.00 bits per heavy atom. The number of nitrogens with zero attached hydrogens (tertiary/aromatic N) is 1. The molecule has 3 heteroatoms. The van der Waals surface area contributed by atoms with E-state index in [0.717, 1.165) is 18.2 Å². The van der Waals surface area contributed by atoms with Gasteiger partial charge in [-0.2, -0.15) is 0 Å². The van der Waals surface area contributed by atoms with Crippen LogP contribution in [0.2, 0.25) is 0 Å². The average molecular weight is 262 g/mol. The predicted octanol–water partition coefficient (Wildman–Crippen LogP) is 2.64. The fourth-order valence-electron chi connectivity index (χ4n) is 2.96. The molecule has 1 aliphatic rings. The maximum absolute atomic E-state index is 5.96. The lowest BCUT2D eigenvalue weighted by Crippen LogP contribution is -2.32. The second kappa shape index (κ2) is 6.92. The summed E-state index contributed by atoms with van der Waals surface area (Å²) in [6, 6.07) is 8.77. The minimum atomic E-state index is 0.444. The van der Waals surface area contributed by atoms with Crippen molar-refractivity contribution in [3.63, 3.8) is 0 Å². The van der Waals surface area contributed by atoms with Gasteiger partial charge in [-0.25, -0.2) is 0 Å². The highest BCUT2D eigenvalue weighted by Crippen LogP contribution is 2.24. The summed E-state index contributed by atoms with van der Waals surface area (Å²) in [6.07, 6.45) is 4.95. The molecule has 1 aromatic rings. The highest BCUT2D eigenvalue weighted by atomic mass is 16.5. The summed E-state index contributed by atoms with van der Waals surface area (Å²) >= 11 is 0. The minimum Gasteiger partial charge on any atom is -0.497 e. The molecule has 0 unspecified atom stereocenters. The Morgan fingerprint density at radius 1 is 1.26 bits per heavy atom. The highest BCUT2D eigenvalue weighted by Gasteiger charge is 2.19. The normalized spacial score (nSPS) is 23.6. The average Bonchev–Trinajstić information content (AvgIpc) is 2.41. The first-order chi connectivity index (χ1) is 9.17. The molecule has 0 aromatic heterocycles. The van der Waals surface area contributed by atoms with Crippen LogP contribution in [0.3, 0.4) is 0 Å². The molecule has 0 aliphatic heterocycles. The SMILES string of the molecule is COc1cccc(CN(C)CC2CCC(N)CC2)c1. The summed E-state index contributed by atoms with van der Waals surface area (Å²) in [5.74, 6) is 1.75. The van der Waals surface area contributed by atoms with Gasteiger partial charge >= 0.3 is 0 Å². The minimum absolute atomic E-state index is 0.444. The van der Waals surface area contributed by atoms with Crippen molar-refractivity contribution in [2.75, 3.05) is 20.7 Å². The molecule has 2 N–H and O–H groups in total. The van der Waals surface area contributed by atoms with E-state index in [0.29, 0.717) is 6.04 Å². The fourth-order valence-corrected chi connectivity index (χ4v) is 2.96. The van der Waals surface area contributed by atoms with Gasteiger partial charge in [0.1, 0.15) is 5.75 Å². The molecule has 1 aromatic carbocycles. The second-order valence-electron chi connectivity index (χ2n) is 5.83. The van der Waals surface area contributed by atoms with Gasteiger partial charge < -0.3 is 15.4 Å². The van der Waals surface area contributed by atoms with E-state index in [9.17, 15) is 0 Å². The Hall–Kier alpha value is -1.06. The summed E-state index contributed by atoms with van der Waals surface area (Å²) in [7, 11) is 3.92. The van der Waals surface area contributed by atoms with Crippen molar-refractivity contribution in [2.24, 2.45) is 11.7 Å². The van der Waals surface area contributed by atoms with Gasteiger partial charge in [0.25, 0.3) is 0 Å². The Balaban J connectivity index is 1.81. The van der Waals surface area contributed by atoms with Gasteiger partial charge in [-0.3, -0.25) is 0 Å². The van der Waals surface area contributed by atoms with E-state index in [-0.39, 0.29) is 0 Å². The number of methoxy groups -OCH3 is 1. The maximum atomic E-state index is 5.96. The Labute approximate surface area is 116 Å². The number of hydrogen-bond donors (Lipinski definition) is 1. The van der Waals surface area contributed by atoms with Crippen molar-refractivity contribution in [1.29, 1.82) is 0 Å². The number of ether oxygens (including phenoxy) is 1. The van der Waals surface area contributed by atoms with Gasteiger partial charge in [0.05, 0.1) is 7.11 Å². The van der Waals surface area contributed by atoms with Crippen LogP contribution >= 0.6 is 0 Å². The van der Waals surface area contributed by atoms with Gasteiger partial charge in [-0.05, 0) is 56.3 Å². The molecule has 0 saturated heterocycles. The summed E-state index contributed by atoms with van der Waals surface area (Å²) in [6.45, 7) is 2.16. The number of nitrogens with two attached hydrogens (primary N) is 1. The molecule has 1 saturated carbocycles. The Kier molecular flexibility index (Phi) is 5.23. The lowest BCUT2D eigenvalue weighted by molar-refractivity contribution is 0.219. The first-order valence-corrected chi connectivity index (χ1v) is 7.24. The van der Waals surface area contributed by atoms with Crippen molar-refractivity contribution < 1.29 is 4.74 Å². The quantitative estimate of drug-likeness (QED) is 0.886. The molecule has 0 radical (unpaired) electrons. The Bertz CT molecular complexity index is 386. The molecular formula is C16H26N2O. The van der Waals surface area contributed by atoms with Crippen LogP contribution in [0.4, 0.5) is 0 Å². The third-order valence-corrected chi connectivity index (χ3v) is 4.05. The van der Waals surface area contributed by atoms with Crippen molar-refractivity contribution in [2.45, 2.75) is 38.3 Å². The van der Waals surface area contributed by atoms with Crippen LogP contribution < -0.4 is 10.5 Å². The van der Waals surface area contributed by atoms with E-state index >= 15 is 0 Å². The molecule has 106 valence electrons. The van der Waals surface area contributed by atoms with Crippen LogP contribution in [-0.4, -0.2) is 31.6 Å². The van der Waals surface area contributed by atoms with Crippen molar-refractivity contribution in [3.05, 3.63) is 29.8 Å². The van der Waals surface area contributed by atoms with E-state index in [2.05, 4.69) is 30.1 Å². The van der Waals surface area contributed by atoms with Crippen LogP contribution in [0.15, 0.2) is 24.3 Å². The summed E-state index contributed by atoms with van der Waals surface area (Å²) in [4.78, 5) is 2.41. The molecule has 0 atom stereocenters. The van der Waals surface area contributed by atoms with E-state index in [1.54, 1.807) is 7.11 Å². The molecule has 0 spiro atoms. The standard InChI is InChI=1S/C16H26N2O/c1-18(11-13-6-8-15(17)9-7-13)12-14-4-3-5-16(10-14)19-2/h3-5,10,13,15H,6-9,11-12,17H2,1-2H3. The van der Waals surface area contributed by atoms with Crippen LogP contribution in [0.25, 0.3) is 0 Å². The second-order valence-corrected chi connectivity index (χ2v) is 5.83. The number of hydrogen-bond acceptors (Lipinski definition) is 3. The molecular weight excluding hydrogens is 236 g/mol. The predicted molar refractivity (Wildman–Crippen MR) is 79.3 cm³/mol. The van der Waals surface area contributed by atoms with Gasteiger partial charge in [0, 0.05) is 19.1 Å². The highest BCUT2D eigenvalue weighted by molar-refractivity contribution is 5.28. The monoisotopic (exact) mass is 262 g/mol. The van der Waals surface area contributed by atoms with E-state index in [1.165, 1.54) is 37.8 Å². The van der Waals surface area contributed by atoms with E-state index < -0.39 is 0 Å². The van der Waals surface area contributed by atoms with Gasteiger partial charge in [-0.1, -0.05) is 12.1 Å². The first kappa shape index (κ1) is 14.4. The molecule has 1 aliphatic carbocycles. The van der Waals surface area contributed by atoms with Crippen molar-refractivity contribution >= 4 is 0 Å². The summed E-state index contributed by atoms with van der Waals surface area (Å²) in [5, 5.41) is 0. The zero-order chi connectivity index (χ0) is 13.7. The third-order valence-electron chi connectivity index (χ3n) is 4.05. The smallest absolute Gasteiger partial charge is 0.119 e. The van der Waals surface area contributed by atoms with Crippen molar-refractivity contribution in [1.82, 2.24) is 4.90 Å². The number of rotatable bonds is 5. The topological polar surface area (TPSA) is 38.5 Å². The molecule has 3 nitrogen and oxygen atoms in total. The molecule has 19 heavy (non-hydrogen) atoms. The van der Waals surface area contributed by atoms with Gasteiger partial charge in [0.2, 0.25) is 0 Å². The van der Waals surface area contributed by atoms with Crippen molar-refractivity contribution in [3.8, 4) is 5.75 Å². The molecule has 0 bridgehead atoms. The zero-order valence-corrected chi connectivity index (χ0v) is 12.1. The Morgan fingerprint density at radius 3 is 2.68 bits per heavy atom. The van der Waals surface area contributed by atoms with Crippen LogP contribution in [0, 0.1) is 5.92 Å². The lowest BCUT2D eigenvalue weighted by Gasteiger charge is -2.29. The molecule has 0 heterocycles. The lowest BCUT2D eigenvalue weighted by atomic mass is 9.86. The van der Waals surface area contributed by atoms with E-state index in [4.69, 9.17) is 10.5 Å². The van der Waals surface area contributed by atoms with Crippen LogP contribution in [0.1, 0.15) is 31.2 Å². The molecule has 1 fully saturated rings. The third kappa shape index (κ3) is 4.51. The zero-order valence-electron chi connectivity index (χ0n) is 12.1. The fraction of sp³-hybridized carbons (Fsp3) is 0.625. The molecule has 0 amide bonds. The summed E-state index contributed by atoms with van der Waals surface area (Å²) < 4.78 is 5.27. The summed E-state index contributed by atoms with van der Waals surface area (Å²) in [5.41, 5.74) is 7.27. The van der Waals surface area contributed by atoms with Crippen LogP contribution in [0.5, 0.6) is 5.75 Å². The maximum Gasteiger partial charge on any atom is 0.119 e. The number of benzene rings is 1. The van der Waals surface area contributed by atoms with Gasteiger partial charge in [-0.15, -0.1) is 0 Å². The van der Waals surface area contributed by atoms with E-state index in [1.807, 2.05) is 6.07 Å². The molecule has 2 rings (SSSR count).